The van der Waals surface area contributed by atoms with Crippen LogP contribution in [0.1, 0.15) is 36.8 Å². The van der Waals surface area contributed by atoms with Crippen LogP contribution in [-0.4, -0.2) is 80.0 Å². The van der Waals surface area contributed by atoms with Gasteiger partial charge in [-0.15, -0.1) is 10.2 Å². The van der Waals surface area contributed by atoms with Gasteiger partial charge in [0.1, 0.15) is 0 Å². The van der Waals surface area contributed by atoms with E-state index in [1.807, 2.05) is 12.1 Å². The number of carbonyl (C=O) groups is 1. The van der Waals surface area contributed by atoms with E-state index in [4.69, 9.17) is 4.74 Å². The lowest BCUT2D eigenvalue weighted by Gasteiger charge is -2.34. The quantitative estimate of drug-likeness (QED) is 0.637. The molecule has 1 unspecified atom stereocenters. The molecule has 3 saturated heterocycles. The first kappa shape index (κ1) is 25.0. The second kappa shape index (κ2) is 12.0. The number of aromatic nitrogens is 2. The number of benzene rings is 1. The van der Waals surface area contributed by atoms with E-state index in [9.17, 15) is 4.79 Å². The van der Waals surface area contributed by atoms with Crippen LogP contribution >= 0.6 is 0 Å². The Bertz CT molecular complexity index is 969. The maximum Gasteiger partial charge on any atom is 0.224 e. The predicted octanol–water partition coefficient (Wildman–Crippen LogP) is 2.87. The summed E-state index contributed by atoms with van der Waals surface area (Å²) in [6, 6.07) is 12.9. The van der Waals surface area contributed by atoms with E-state index >= 15 is 0 Å². The topological polar surface area (TPSA) is 73.8 Å². The first-order valence-electron chi connectivity index (χ1n) is 13.6. The van der Waals surface area contributed by atoms with Crippen molar-refractivity contribution in [1.82, 2.24) is 20.4 Å². The number of hydrogen-bond donors (Lipinski definition) is 1. The molecule has 0 spiro atoms. The average Bonchev–Trinajstić information content (AvgIpc) is 2.94. The van der Waals surface area contributed by atoms with Crippen molar-refractivity contribution in [1.29, 1.82) is 0 Å². The summed E-state index contributed by atoms with van der Waals surface area (Å²) in [7, 11) is 0. The molecule has 0 aliphatic carbocycles. The molecule has 5 rings (SSSR count). The summed E-state index contributed by atoms with van der Waals surface area (Å²) in [6.45, 7) is 11.0. The van der Waals surface area contributed by atoms with Crippen LogP contribution in [0.3, 0.4) is 0 Å². The fourth-order valence-electron chi connectivity index (χ4n) is 5.54. The van der Waals surface area contributed by atoms with Gasteiger partial charge in [0.15, 0.2) is 11.6 Å². The zero-order valence-corrected chi connectivity index (χ0v) is 21.6. The van der Waals surface area contributed by atoms with Crippen LogP contribution in [-0.2, 0) is 16.1 Å². The van der Waals surface area contributed by atoms with Crippen molar-refractivity contribution in [2.45, 2.75) is 39.2 Å². The van der Waals surface area contributed by atoms with Crippen LogP contribution < -0.4 is 15.1 Å². The Hall–Kier alpha value is -2.71. The Morgan fingerprint density at radius 2 is 1.61 bits per heavy atom. The number of nitrogens with zero attached hydrogens (tertiary/aromatic N) is 5. The molecule has 1 aromatic heterocycles. The fraction of sp³-hybridized carbons (Fsp3) is 0.607. The van der Waals surface area contributed by atoms with Crippen LogP contribution in [0.4, 0.5) is 11.6 Å². The number of ether oxygens (including phenoxy) is 1. The Kier molecular flexibility index (Phi) is 8.33. The van der Waals surface area contributed by atoms with Crippen LogP contribution in [0.5, 0.6) is 0 Å². The van der Waals surface area contributed by atoms with E-state index in [2.05, 4.69) is 61.4 Å². The summed E-state index contributed by atoms with van der Waals surface area (Å²) in [4.78, 5) is 20.0. The zero-order valence-electron chi connectivity index (χ0n) is 21.6. The summed E-state index contributed by atoms with van der Waals surface area (Å²) >= 11 is 0. The molecule has 3 aliphatic heterocycles. The van der Waals surface area contributed by atoms with Crippen LogP contribution in [0.2, 0.25) is 0 Å². The number of amides is 1. The maximum atomic E-state index is 13.0. The number of nitrogens with one attached hydrogen (secondary N) is 1. The minimum atomic E-state index is 0.0149. The third-order valence-corrected chi connectivity index (χ3v) is 7.89. The first-order valence-corrected chi connectivity index (χ1v) is 13.6. The molecule has 2 aromatic rings. The van der Waals surface area contributed by atoms with Gasteiger partial charge >= 0.3 is 0 Å². The van der Waals surface area contributed by atoms with E-state index < -0.39 is 0 Å². The zero-order chi connectivity index (χ0) is 24.7. The van der Waals surface area contributed by atoms with Gasteiger partial charge in [-0.2, -0.15) is 0 Å². The molecular weight excluding hydrogens is 452 g/mol. The van der Waals surface area contributed by atoms with Gasteiger partial charge in [0.05, 0.1) is 19.1 Å². The van der Waals surface area contributed by atoms with Crippen molar-refractivity contribution in [3.63, 3.8) is 0 Å². The van der Waals surface area contributed by atoms with E-state index in [-0.39, 0.29) is 11.8 Å². The van der Waals surface area contributed by atoms with Gasteiger partial charge in [-0.1, -0.05) is 29.8 Å². The van der Waals surface area contributed by atoms with Gasteiger partial charge in [0, 0.05) is 39.3 Å². The molecule has 4 heterocycles. The standard InChI is InChI=1S/C28H40N6O2/c1-22-4-6-24(7-5-22)20-32-13-10-23(11-14-32)19-29-28(35)25-3-2-12-34(21-25)27-9-8-26(30-31-27)33-15-17-36-18-16-33/h4-9,23,25H,2-3,10-21H2,1H3,(H,29,35). The SMILES string of the molecule is Cc1ccc(CN2CCC(CNC(=O)C3CCCN(c4ccc(N5CCOCC5)nn4)C3)CC2)cc1. The van der Waals surface area contributed by atoms with Crippen molar-refractivity contribution in [3.8, 4) is 0 Å². The molecule has 1 aromatic carbocycles. The molecule has 36 heavy (non-hydrogen) atoms. The smallest absolute Gasteiger partial charge is 0.224 e. The molecule has 1 N–H and O–H groups in total. The molecule has 194 valence electrons. The Balaban J connectivity index is 1.05. The minimum Gasteiger partial charge on any atom is -0.378 e. The highest BCUT2D eigenvalue weighted by atomic mass is 16.5. The monoisotopic (exact) mass is 492 g/mol. The normalized spacial score (nSPS) is 22.0. The number of rotatable bonds is 7. The summed E-state index contributed by atoms with van der Waals surface area (Å²) in [5.74, 6) is 2.55. The molecule has 1 amide bonds. The van der Waals surface area contributed by atoms with E-state index in [0.717, 1.165) is 96.3 Å². The van der Waals surface area contributed by atoms with Crippen molar-refractivity contribution < 1.29 is 9.53 Å². The predicted molar refractivity (Wildman–Crippen MR) is 142 cm³/mol. The Morgan fingerprint density at radius 3 is 2.31 bits per heavy atom. The average molecular weight is 493 g/mol. The number of anilines is 2. The first-order chi connectivity index (χ1) is 17.6. The van der Waals surface area contributed by atoms with Crippen molar-refractivity contribution in [2.75, 3.05) is 68.8 Å². The number of aryl methyl sites for hydroxylation is 1. The molecule has 0 radical (unpaired) electrons. The fourth-order valence-corrected chi connectivity index (χ4v) is 5.54. The molecule has 8 nitrogen and oxygen atoms in total. The van der Waals surface area contributed by atoms with Gasteiger partial charge in [-0.05, 0) is 69.3 Å². The lowest BCUT2D eigenvalue weighted by Crippen LogP contribution is -2.45. The van der Waals surface area contributed by atoms with Crippen LogP contribution in [0.15, 0.2) is 36.4 Å². The van der Waals surface area contributed by atoms with Gasteiger partial charge in [-0.3, -0.25) is 9.69 Å². The maximum absolute atomic E-state index is 13.0. The highest BCUT2D eigenvalue weighted by Gasteiger charge is 2.28. The van der Waals surface area contributed by atoms with Gasteiger partial charge in [-0.25, -0.2) is 0 Å². The number of morpholine rings is 1. The van der Waals surface area contributed by atoms with Crippen molar-refractivity contribution in [3.05, 3.63) is 47.5 Å². The molecule has 3 fully saturated rings. The lowest BCUT2D eigenvalue weighted by atomic mass is 9.94. The number of piperidine rings is 2. The van der Waals surface area contributed by atoms with Crippen molar-refractivity contribution in [2.24, 2.45) is 11.8 Å². The summed E-state index contributed by atoms with van der Waals surface area (Å²) in [5, 5.41) is 12.2. The molecular formula is C28H40N6O2. The van der Waals surface area contributed by atoms with Gasteiger partial charge in [0.25, 0.3) is 0 Å². The molecule has 0 bridgehead atoms. The largest absolute Gasteiger partial charge is 0.378 e. The number of likely N-dealkylation sites (tertiary alicyclic amines) is 1. The third kappa shape index (κ3) is 6.53. The van der Waals surface area contributed by atoms with Gasteiger partial charge in [0.2, 0.25) is 5.91 Å². The van der Waals surface area contributed by atoms with E-state index in [0.29, 0.717) is 12.5 Å². The molecule has 3 aliphatic rings. The highest BCUT2D eigenvalue weighted by Crippen LogP contribution is 2.24. The van der Waals surface area contributed by atoms with Crippen LogP contribution in [0.25, 0.3) is 0 Å². The number of hydrogen-bond acceptors (Lipinski definition) is 7. The second-order valence-corrected chi connectivity index (χ2v) is 10.6. The lowest BCUT2D eigenvalue weighted by molar-refractivity contribution is -0.125. The Morgan fingerprint density at radius 1 is 0.917 bits per heavy atom. The summed E-state index contributed by atoms with van der Waals surface area (Å²) in [6.07, 6.45) is 4.24. The van der Waals surface area contributed by atoms with E-state index in [1.165, 1.54) is 11.1 Å². The summed E-state index contributed by atoms with van der Waals surface area (Å²) < 4.78 is 5.42. The summed E-state index contributed by atoms with van der Waals surface area (Å²) in [5.41, 5.74) is 2.69. The number of carbonyl (C=O) groups excluding carboxylic acids is 1. The third-order valence-electron chi connectivity index (χ3n) is 7.89. The molecule has 0 saturated carbocycles. The minimum absolute atomic E-state index is 0.0149. The Labute approximate surface area is 215 Å². The van der Waals surface area contributed by atoms with Gasteiger partial charge < -0.3 is 19.9 Å². The molecule has 8 heteroatoms. The van der Waals surface area contributed by atoms with Crippen LogP contribution in [0, 0.1) is 18.8 Å². The van der Waals surface area contributed by atoms with E-state index in [1.54, 1.807) is 0 Å². The second-order valence-electron chi connectivity index (χ2n) is 10.6. The van der Waals surface area contributed by atoms with Crippen molar-refractivity contribution >= 4 is 17.5 Å². The molecule has 1 atom stereocenters. The highest BCUT2D eigenvalue weighted by molar-refractivity contribution is 5.79.